The number of esters is 1. The average Bonchev–Trinajstić information content (AvgIpc) is 3.05. The lowest BCUT2D eigenvalue weighted by molar-refractivity contribution is -0.149. The van der Waals surface area contributed by atoms with Gasteiger partial charge in [0, 0.05) is 42.0 Å². The molecule has 5 atom stereocenters. The smallest absolute Gasteiger partial charge is 0.353 e. The number of β-lactam (4-membered cyclic amide) rings is 1. The molecule has 3 rings (SSSR count). The summed E-state index contributed by atoms with van der Waals surface area (Å²) < 4.78 is 5.01. The van der Waals surface area contributed by atoms with Gasteiger partial charge in [-0.15, -0.1) is 11.8 Å². The molecule has 3 aliphatic rings. The second-order valence-corrected chi connectivity index (χ2v) is 8.05. The number of carboxylic acid groups (broad SMARTS) is 1. The van der Waals surface area contributed by atoms with E-state index in [1.54, 1.807) is 6.92 Å². The summed E-state index contributed by atoms with van der Waals surface area (Å²) in [5, 5.41) is 23.1. The SMILES string of the molecule is CC(=O)OCC1C[C@H](SC2=C(C(=O)O)N3C(=O)C[C@@H]3C2C(C)O)CN1. The van der Waals surface area contributed by atoms with Gasteiger partial charge in [0.05, 0.1) is 12.1 Å². The number of aliphatic hydroxyl groups excluding tert-OH is 1. The van der Waals surface area contributed by atoms with Crippen molar-refractivity contribution >= 4 is 29.6 Å². The predicted molar refractivity (Wildman–Crippen MR) is 89.5 cm³/mol. The maximum atomic E-state index is 11.9. The van der Waals surface area contributed by atoms with E-state index in [2.05, 4.69) is 5.32 Å². The number of hydrogen-bond acceptors (Lipinski definition) is 7. The van der Waals surface area contributed by atoms with Crippen LogP contribution in [0.15, 0.2) is 10.6 Å². The number of nitrogens with zero attached hydrogens (tertiary/aromatic N) is 1. The lowest BCUT2D eigenvalue weighted by Gasteiger charge is -2.39. The van der Waals surface area contributed by atoms with Gasteiger partial charge in [-0.05, 0) is 13.3 Å². The molecular formula is C16H22N2O6S. The van der Waals surface area contributed by atoms with Gasteiger partial charge >= 0.3 is 11.9 Å². The van der Waals surface area contributed by atoms with Crippen LogP contribution in [-0.2, 0) is 19.1 Å². The summed E-state index contributed by atoms with van der Waals surface area (Å²) in [6.07, 6.45) is 0.264. The molecular weight excluding hydrogens is 348 g/mol. The molecule has 0 aromatic heterocycles. The van der Waals surface area contributed by atoms with Gasteiger partial charge in [0.15, 0.2) is 0 Å². The van der Waals surface area contributed by atoms with Crippen molar-refractivity contribution in [3.05, 3.63) is 10.6 Å². The largest absolute Gasteiger partial charge is 0.477 e. The zero-order chi connectivity index (χ0) is 18.3. The Morgan fingerprint density at radius 1 is 1.48 bits per heavy atom. The van der Waals surface area contributed by atoms with E-state index < -0.39 is 12.1 Å². The highest BCUT2D eigenvalue weighted by molar-refractivity contribution is 8.03. The van der Waals surface area contributed by atoms with Crippen molar-refractivity contribution in [3.63, 3.8) is 0 Å². The molecule has 3 N–H and O–H groups in total. The quantitative estimate of drug-likeness (QED) is 0.439. The summed E-state index contributed by atoms with van der Waals surface area (Å²) in [7, 11) is 0. The molecule has 3 aliphatic heterocycles. The summed E-state index contributed by atoms with van der Waals surface area (Å²) in [4.78, 5) is 36.4. The maximum absolute atomic E-state index is 11.9. The van der Waals surface area contributed by atoms with E-state index in [0.717, 1.165) is 6.42 Å². The van der Waals surface area contributed by atoms with Crippen molar-refractivity contribution < 1.29 is 29.3 Å². The Kier molecular flexibility index (Phi) is 5.08. The van der Waals surface area contributed by atoms with E-state index in [9.17, 15) is 24.6 Å². The summed E-state index contributed by atoms with van der Waals surface area (Å²) in [5.74, 6) is -2.03. The number of amides is 1. The topological polar surface area (TPSA) is 116 Å². The third-order valence-electron chi connectivity index (χ3n) is 4.86. The number of ether oxygens (including phenoxy) is 1. The first-order valence-electron chi connectivity index (χ1n) is 8.30. The van der Waals surface area contributed by atoms with Crippen molar-refractivity contribution in [1.82, 2.24) is 10.2 Å². The number of rotatable bonds is 6. The van der Waals surface area contributed by atoms with Gasteiger partial charge in [-0.1, -0.05) is 0 Å². The summed E-state index contributed by atoms with van der Waals surface area (Å²) in [5.41, 5.74) is 0.0144. The minimum atomic E-state index is -1.13. The van der Waals surface area contributed by atoms with Gasteiger partial charge in [-0.25, -0.2) is 4.79 Å². The molecule has 9 heteroatoms. The number of carbonyl (C=O) groups excluding carboxylic acids is 2. The number of aliphatic carboxylic acids is 1. The zero-order valence-electron chi connectivity index (χ0n) is 14.1. The van der Waals surface area contributed by atoms with Crippen molar-refractivity contribution in [1.29, 1.82) is 0 Å². The molecule has 25 heavy (non-hydrogen) atoms. The van der Waals surface area contributed by atoms with E-state index in [1.807, 2.05) is 0 Å². The molecule has 0 bridgehead atoms. The first kappa shape index (κ1) is 18.2. The number of carbonyl (C=O) groups is 3. The molecule has 0 radical (unpaired) electrons. The van der Waals surface area contributed by atoms with Crippen molar-refractivity contribution in [2.45, 2.75) is 50.1 Å². The molecule has 0 aromatic carbocycles. The molecule has 138 valence electrons. The molecule has 2 fully saturated rings. The van der Waals surface area contributed by atoms with Gasteiger partial charge in [-0.2, -0.15) is 0 Å². The Labute approximate surface area is 149 Å². The van der Waals surface area contributed by atoms with E-state index >= 15 is 0 Å². The Hall–Kier alpha value is -1.58. The predicted octanol–water partition coefficient (Wildman–Crippen LogP) is -0.0791. The number of fused-ring (bicyclic) bond motifs is 1. The highest BCUT2D eigenvalue weighted by Gasteiger charge is 2.55. The third-order valence-corrected chi connectivity index (χ3v) is 6.27. The minimum Gasteiger partial charge on any atom is -0.477 e. The highest BCUT2D eigenvalue weighted by Crippen LogP contribution is 2.50. The summed E-state index contributed by atoms with van der Waals surface area (Å²) >= 11 is 1.42. The molecule has 3 heterocycles. The van der Waals surface area contributed by atoms with Crippen LogP contribution in [0.25, 0.3) is 0 Å². The Bertz CT molecular complexity index is 634. The first-order chi connectivity index (χ1) is 11.8. The summed E-state index contributed by atoms with van der Waals surface area (Å²) in [6.45, 7) is 3.92. The minimum absolute atomic E-state index is 0.0144. The number of thioether (sulfide) groups is 1. The van der Waals surface area contributed by atoms with Crippen LogP contribution >= 0.6 is 11.8 Å². The molecule has 1 amide bonds. The van der Waals surface area contributed by atoms with Crippen LogP contribution in [0.4, 0.5) is 0 Å². The fourth-order valence-corrected chi connectivity index (χ4v) is 5.43. The molecule has 0 aromatic rings. The Morgan fingerprint density at radius 3 is 2.76 bits per heavy atom. The van der Waals surface area contributed by atoms with Gasteiger partial charge in [-0.3, -0.25) is 9.59 Å². The van der Waals surface area contributed by atoms with Crippen LogP contribution in [0.5, 0.6) is 0 Å². The van der Waals surface area contributed by atoms with Gasteiger partial charge in [0.25, 0.3) is 0 Å². The molecule has 0 aliphatic carbocycles. The highest BCUT2D eigenvalue weighted by atomic mass is 32.2. The van der Waals surface area contributed by atoms with Crippen LogP contribution in [0, 0.1) is 5.92 Å². The van der Waals surface area contributed by atoms with Crippen LogP contribution in [0.2, 0.25) is 0 Å². The lowest BCUT2D eigenvalue weighted by Crippen LogP contribution is -2.53. The van der Waals surface area contributed by atoms with Crippen LogP contribution in [0.3, 0.4) is 0 Å². The fourth-order valence-electron chi connectivity index (χ4n) is 3.75. The van der Waals surface area contributed by atoms with Crippen LogP contribution in [-0.4, -0.2) is 69.5 Å². The maximum Gasteiger partial charge on any atom is 0.353 e. The second-order valence-electron chi connectivity index (χ2n) is 6.70. The first-order valence-corrected chi connectivity index (χ1v) is 9.18. The monoisotopic (exact) mass is 370 g/mol. The number of carboxylic acids is 1. The van der Waals surface area contributed by atoms with E-state index in [-0.39, 0.29) is 53.9 Å². The number of aliphatic hydroxyl groups is 1. The molecule has 0 saturated carbocycles. The second kappa shape index (κ2) is 6.97. The molecule has 2 saturated heterocycles. The van der Waals surface area contributed by atoms with E-state index in [0.29, 0.717) is 11.4 Å². The van der Waals surface area contributed by atoms with Gasteiger partial charge < -0.3 is 25.2 Å². The van der Waals surface area contributed by atoms with Crippen LogP contribution in [0.1, 0.15) is 26.7 Å². The molecule has 3 unspecified atom stereocenters. The van der Waals surface area contributed by atoms with E-state index in [1.165, 1.54) is 23.6 Å². The molecule has 0 spiro atoms. The molecule has 8 nitrogen and oxygen atoms in total. The number of hydrogen-bond donors (Lipinski definition) is 3. The average molecular weight is 370 g/mol. The van der Waals surface area contributed by atoms with Gasteiger partial charge in [0.2, 0.25) is 5.91 Å². The normalized spacial score (nSPS) is 32.4. The van der Waals surface area contributed by atoms with Crippen LogP contribution < -0.4 is 5.32 Å². The lowest BCUT2D eigenvalue weighted by atomic mass is 9.89. The van der Waals surface area contributed by atoms with Crippen molar-refractivity contribution in [3.8, 4) is 0 Å². The summed E-state index contributed by atoms with van der Waals surface area (Å²) in [6, 6.07) is -0.229. The van der Waals surface area contributed by atoms with Crippen molar-refractivity contribution in [2.75, 3.05) is 13.2 Å². The fraction of sp³-hybridized carbons (Fsp3) is 0.688. The standard InChI is InChI=1S/C16H22N2O6S/c1-7(19)13-11-4-12(21)18(11)14(16(22)23)15(13)25-10-3-9(17-5-10)6-24-8(2)20/h7,9-11,13,17,19H,3-6H2,1-2H3,(H,22,23)/t7?,9?,10-,11+,13?/m0/s1. The van der Waals surface area contributed by atoms with Crippen molar-refractivity contribution in [2.24, 2.45) is 5.92 Å². The third kappa shape index (κ3) is 3.40. The zero-order valence-corrected chi connectivity index (χ0v) is 14.9. The van der Waals surface area contributed by atoms with Gasteiger partial charge in [0.1, 0.15) is 12.3 Å². The Morgan fingerprint density at radius 2 is 2.20 bits per heavy atom. The Balaban J connectivity index is 1.74. The van der Waals surface area contributed by atoms with E-state index in [4.69, 9.17) is 4.74 Å². The number of nitrogens with one attached hydrogen (secondary N) is 1.